The van der Waals surface area contributed by atoms with Crippen molar-refractivity contribution in [2.45, 2.75) is 26.4 Å². The molecule has 1 aromatic carbocycles. The highest BCUT2D eigenvalue weighted by molar-refractivity contribution is 6.33. The maximum atomic E-state index is 11.6. The van der Waals surface area contributed by atoms with Crippen molar-refractivity contribution in [2.75, 3.05) is 11.9 Å². The van der Waals surface area contributed by atoms with Gasteiger partial charge in [-0.15, -0.1) is 0 Å². The molecule has 1 N–H and O–H groups in total. The molecular formula is C13H15ClN2O2. The zero-order valence-corrected chi connectivity index (χ0v) is 11.3. The Morgan fingerprint density at radius 2 is 2.17 bits per heavy atom. The molecule has 0 radical (unpaired) electrons. The average Bonchev–Trinajstić information content (AvgIpc) is 2.28. The first-order valence-electron chi connectivity index (χ1n) is 5.45. The SMILES string of the molecule is CC(C)(C)OCC(=O)Nc1ccc(C#N)cc1Cl. The zero-order valence-electron chi connectivity index (χ0n) is 10.6. The molecule has 0 heterocycles. The summed E-state index contributed by atoms with van der Waals surface area (Å²) < 4.78 is 5.34. The zero-order chi connectivity index (χ0) is 13.8. The molecule has 5 heteroatoms. The summed E-state index contributed by atoms with van der Waals surface area (Å²) >= 11 is 5.94. The Kier molecular flexibility index (Phi) is 4.71. The number of carbonyl (C=O) groups is 1. The first-order chi connectivity index (χ1) is 8.31. The van der Waals surface area contributed by atoms with Crippen LogP contribution in [0.1, 0.15) is 26.3 Å². The first kappa shape index (κ1) is 14.5. The van der Waals surface area contributed by atoms with Crippen LogP contribution in [0.25, 0.3) is 0 Å². The average molecular weight is 267 g/mol. The van der Waals surface area contributed by atoms with Crippen LogP contribution in [-0.4, -0.2) is 18.1 Å². The molecule has 0 aliphatic rings. The molecule has 1 aromatic rings. The largest absolute Gasteiger partial charge is 0.366 e. The van der Waals surface area contributed by atoms with Crippen molar-refractivity contribution in [3.05, 3.63) is 28.8 Å². The lowest BCUT2D eigenvalue weighted by molar-refractivity contribution is -0.125. The monoisotopic (exact) mass is 266 g/mol. The molecule has 0 spiro atoms. The molecule has 0 saturated carbocycles. The Bertz CT molecular complexity index is 487. The third-order valence-corrected chi connectivity index (χ3v) is 2.32. The lowest BCUT2D eigenvalue weighted by atomic mass is 10.2. The number of halogens is 1. The van der Waals surface area contributed by atoms with Crippen molar-refractivity contribution in [3.8, 4) is 6.07 Å². The van der Waals surface area contributed by atoms with Crippen LogP contribution in [0.3, 0.4) is 0 Å². The van der Waals surface area contributed by atoms with E-state index in [1.54, 1.807) is 12.1 Å². The molecule has 1 rings (SSSR count). The van der Waals surface area contributed by atoms with E-state index < -0.39 is 0 Å². The van der Waals surface area contributed by atoms with Gasteiger partial charge in [-0.1, -0.05) is 11.6 Å². The highest BCUT2D eigenvalue weighted by Crippen LogP contribution is 2.22. The van der Waals surface area contributed by atoms with Crippen molar-refractivity contribution < 1.29 is 9.53 Å². The van der Waals surface area contributed by atoms with Gasteiger partial charge in [-0.2, -0.15) is 5.26 Å². The number of hydrogen-bond acceptors (Lipinski definition) is 3. The Labute approximate surface area is 112 Å². The predicted octanol–water partition coefficient (Wildman–Crippen LogP) is 2.97. The molecule has 18 heavy (non-hydrogen) atoms. The van der Waals surface area contributed by atoms with E-state index in [1.165, 1.54) is 6.07 Å². The van der Waals surface area contributed by atoms with Gasteiger partial charge in [0.15, 0.2) is 0 Å². The molecule has 0 saturated heterocycles. The number of anilines is 1. The molecule has 4 nitrogen and oxygen atoms in total. The number of carbonyl (C=O) groups excluding carboxylic acids is 1. The van der Waals surface area contributed by atoms with E-state index in [0.717, 1.165) is 0 Å². The Balaban J connectivity index is 2.63. The van der Waals surface area contributed by atoms with E-state index in [1.807, 2.05) is 26.8 Å². The van der Waals surface area contributed by atoms with E-state index in [2.05, 4.69) is 5.32 Å². The number of amides is 1. The molecule has 0 unspecified atom stereocenters. The van der Waals surface area contributed by atoms with Gasteiger partial charge in [0.1, 0.15) is 6.61 Å². The van der Waals surface area contributed by atoms with Gasteiger partial charge in [-0.3, -0.25) is 4.79 Å². The summed E-state index contributed by atoms with van der Waals surface area (Å²) in [4.78, 5) is 11.6. The standard InChI is InChI=1S/C13H15ClN2O2/c1-13(2,3)18-8-12(17)16-11-5-4-9(7-15)6-10(11)14/h4-6H,8H2,1-3H3,(H,16,17). The minimum absolute atomic E-state index is 0.0418. The third kappa shape index (κ3) is 4.74. The van der Waals surface area contributed by atoms with Crippen molar-refractivity contribution in [3.63, 3.8) is 0 Å². The third-order valence-electron chi connectivity index (χ3n) is 2.01. The second-order valence-electron chi connectivity index (χ2n) is 4.76. The number of nitrogens with one attached hydrogen (secondary N) is 1. The number of nitrogens with zero attached hydrogens (tertiary/aromatic N) is 1. The summed E-state index contributed by atoms with van der Waals surface area (Å²) in [7, 11) is 0. The van der Waals surface area contributed by atoms with Crippen molar-refractivity contribution >= 4 is 23.2 Å². The minimum atomic E-state index is -0.369. The van der Waals surface area contributed by atoms with Crippen LogP contribution in [0.4, 0.5) is 5.69 Å². The van der Waals surface area contributed by atoms with Crippen LogP contribution < -0.4 is 5.32 Å². The molecule has 0 aromatic heterocycles. The van der Waals surface area contributed by atoms with E-state index in [-0.39, 0.29) is 18.1 Å². The summed E-state index contributed by atoms with van der Waals surface area (Å²) in [6.07, 6.45) is 0. The van der Waals surface area contributed by atoms with Gasteiger partial charge < -0.3 is 10.1 Å². The molecule has 0 atom stereocenters. The Morgan fingerprint density at radius 1 is 1.50 bits per heavy atom. The molecule has 0 bridgehead atoms. The molecule has 0 fully saturated rings. The molecule has 0 aliphatic heterocycles. The summed E-state index contributed by atoms with van der Waals surface area (Å²) in [5, 5.41) is 11.7. The number of rotatable bonds is 3. The minimum Gasteiger partial charge on any atom is -0.366 e. The number of benzene rings is 1. The fraction of sp³-hybridized carbons (Fsp3) is 0.385. The van der Waals surface area contributed by atoms with Crippen LogP contribution >= 0.6 is 11.6 Å². The lowest BCUT2D eigenvalue weighted by Gasteiger charge is -2.19. The van der Waals surface area contributed by atoms with Crippen molar-refractivity contribution in [1.29, 1.82) is 5.26 Å². The summed E-state index contributed by atoms with van der Waals surface area (Å²) in [6.45, 7) is 5.57. The van der Waals surface area contributed by atoms with E-state index >= 15 is 0 Å². The van der Waals surface area contributed by atoms with Gasteiger partial charge >= 0.3 is 0 Å². The number of ether oxygens (including phenoxy) is 1. The summed E-state index contributed by atoms with van der Waals surface area (Å²) in [5.74, 6) is -0.281. The fourth-order valence-electron chi connectivity index (χ4n) is 1.15. The van der Waals surface area contributed by atoms with Crippen molar-refractivity contribution in [2.24, 2.45) is 0 Å². The fourth-order valence-corrected chi connectivity index (χ4v) is 1.38. The summed E-state index contributed by atoms with van der Waals surface area (Å²) in [6, 6.07) is 6.66. The van der Waals surface area contributed by atoms with Gasteiger partial charge in [-0.25, -0.2) is 0 Å². The van der Waals surface area contributed by atoms with Crippen LogP contribution in [0.5, 0.6) is 0 Å². The quantitative estimate of drug-likeness (QED) is 0.915. The highest BCUT2D eigenvalue weighted by atomic mass is 35.5. The molecule has 1 amide bonds. The van der Waals surface area contributed by atoms with Crippen LogP contribution in [0.15, 0.2) is 18.2 Å². The van der Waals surface area contributed by atoms with Gasteiger partial charge in [0.05, 0.1) is 27.9 Å². The molecular weight excluding hydrogens is 252 g/mol. The van der Waals surface area contributed by atoms with Crippen LogP contribution in [0.2, 0.25) is 5.02 Å². The van der Waals surface area contributed by atoms with E-state index in [0.29, 0.717) is 16.3 Å². The molecule has 96 valence electrons. The second-order valence-corrected chi connectivity index (χ2v) is 5.16. The van der Waals surface area contributed by atoms with Gasteiger partial charge in [0, 0.05) is 0 Å². The Hall–Kier alpha value is -1.57. The lowest BCUT2D eigenvalue weighted by Crippen LogP contribution is -2.27. The second kappa shape index (κ2) is 5.85. The predicted molar refractivity (Wildman–Crippen MR) is 70.5 cm³/mol. The maximum absolute atomic E-state index is 11.6. The molecule has 0 aliphatic carbocycles. The number of nitriles is 1. The Morgan fingerprint density at radius 3 is 2.67 bits per heavy atom. The maximum Gasteiger partial charge on any atom is 0.250 e. The van der Waals surface area contributed by atoms with Crippen molar-refractivity contribution in [1.82, 2.24) is 0 Å². The first-order valence-corrected chi connectivity index (χ1v) is 5.83. The number of hydrogen-bond donors (Lipinski definition) is 1. The van der Waals surface area contributed by atoms with Gasteiger partial charge in [0.2, 0.25) is 5.91 Å². The van der Waals surface area contributed by atoms with Crippen LogP contribution in [0, 0.1) is 11.3 Å². The topological polar surface area (TPSA) is 62.1 Å². The van der Waals surface area contributed by atoms with E-state index in [4.69, 9.17) is 21.6 Å². The highest BCUT2D eigenvalue weighted by Gasteiger charge is 2.13. The normalized spacial score (nSPS) is 10.8. The van der Waals surface area contributed by atoms with Crippen LogP contribution in [-0.2, 0) is 9.53 Å². The summed E-state index contributed by atoms with van der Waals surface area (Å²) in [5.41, 5.74) is 0.549. The van der Waals surface area contributed by atoms with Gasteiger partial charge in [-0.05, 0) is 39.0 Å². The smallest absolute Gasteiger partial charge is 0.250 e. The van der Waals surface area contributed by atoms with E-state index in [9.17, 15) is 4.79 Å². The van der Waals surface area contributed by atoms with Gasteiger partial charge in [0.25, 0.3) is 0 Å².